The Hall–Kier alpha value is -0.0800. The number of aliphatic hydroxyl groups is 1. The van der Waals surface area contributed by atoms with Gasteiger partial charge in [0.15, 0.2) is 0 Å². The van der Waals surface area contributed by atoms with Crippen LogP contribution in [0.15, 0.2) is 0 Å². The fourth-order valence-corrected chi connectivity index (χ4v) is 3.33. The normalized spacial score (nSPS) is 20.5. The Morgan fingerprint density at radius 2 is 1.00 bits per heavy atom. The molecule has 0 aliphatic carbocycles. The predicted molar refractivity (Wildman–Crippen MR) is 95.3 cm³/mol. The van der Waals surface area contributed by atoms with Crippen LogP contribution in [0, 0.1) is 0 Å². The van der Waals surface area contributed by atoms with E-state index in [4.69, 9.17) is 9.84 Å². The summed E-state index contributed by atoms with van der Waals surface area (Å²) < 4.78 is 5.77. The van der Waals surface area contributed by atoms with Crippen molar-refractivity contribution in [1.82, 2.24) is 0 Å². The van der Waals surface area contributed by atoms with Gasteiger partial charge in [0.05, 0.1) is 12.2 Å². The van der Waals surface area contributed by atoms with E-state index >= 15 is 0 Å². The topological polar surface area (TPSA) is 32.8 Å². The molecule has 0 spiro atoms. The van der Waals surface area contributed by atoms with Gasteiger partial charge < -0.3 is 9.84 Å². The summed E-state index contributed by atoms with van der Waals surface area (Å²) in [5, 5.41) is 8.70. The first-order chi connectivity index (χ1) is 10.9. The summed E-state index contributed by atoms with van der Waals surface area (Å²) in [4.78, 5) is 0. The molecule has 1 saturated heterocycles. The van der Waals surface area contributed by atoms with E-state index in [1.165, 1.54) is 96.3 Å². The Morgan fingerprint density at radius 3 is 1.45 bits per heavy atom. The highest BCUT2D eigenvalue weighted by molar-refractivity contribution is 4.84. The molecule has 22 heavy (non-hydrogen) atoms. The highest BCUT2D eigenvalue weighted by Gasteiger charge is 2.36. The van der Waals surface area contributed by atoms with Gasteiger partial charge >= 0.3 is 0 Å². The van der Waals surface area contributed by atoms with Crippen LogP contribution in [-0.4, -0.2) is 23.9 Å². The minimum atomic E-state index is 0.365. The van der Waals surface area contributed by atoms with Crippen molar-refractivity contribution in [1.29, 1.82) is 0 Å². The zero-order chi connectivity index (χ0) is 15.9. The van der Waals surface area contributed by atoms with E-state index in [-0.39, 0.29) is 0 Å². The molecule has 0 radical (unpaired) electrons. The lowest BCUT2D eigenvalue weighted by Gasteiger charge is -2.02. The first-order valence-corrected chi connectivity index (χ1v) is 10.1. The Kier molecular flexibility index (Phi) is 13.2. The van der Waals surface area contributed by atoms with Crippen molar-refractivity contribution < 1.29 is 9.84 Å². The Balaban J connectivity index is 1.71. The molecular formula is C20H40O2. The number of hydrogen-bond donors (Lipinski definition) is 1. The van der Waals surface area contributed by atoms with E-state index in [1.807, 2.05) is 0 Å². The standard InChI is InChI=1S/C20H40O2/c1-2-3-4-13-16-19-20(22-19)17-14-11-9-7-5-6-8-10-12-15-18-21/h19-21H,2-18H2,1H3. The second-order valence-corrected chi connectivity index (χ2v) is 7.11. The number of rotatable bonds is 17. The van der Waals surface area contributed by atoms with Crippen LogP contribution in [0.1, 0.15) is 110 Å². The van der Waals surface area contributed by atoms with Crippen molar-refractivity contribution in [3.8, 4) is 0 Å². The molecule has 1 fully saturated rings. The lowest BCUT2D eigenvalue weighted by Crippen LogP contribution is -1.94. The third kappa shape index (κ3) is 11.5. The number of unbranched alkanes of at least 4 members (excludes halogenated alkanes) is 12. The highest BCUT2D eigenvalue weighted by Crippen LogP contribution is 2.31. The van der Waals surface area contributed by atoms with E-state index in [1.54, 1.807) is 0 Å². The van der Waals surface area contributed by atoms with Crippen molar-refractivity contribution >= 4 is 0 Å². The van der Waals surface area contributed by atoms with Gasteiger partial charge in [0.1, 0.15) is 0 Å². The van der Waals surface area contributed by atoms with Crippen LogP contribution in [0.3, 0.4) is 0 Å². The van der Waals surface area contributed by atoms with Gasteiger partial charge in [-0.05, 0) is 19.3 Å². The quantitative estimate of drug-likeness (QED) is 0.263. The van der Waals surface area contributed by atoms with Crippen LogP contribution in [0.2, 0.25) is 0 Å². The van der Waals surface area contributed by atoms with Crippen LogP contribution < -0.4 is 0 Å². The largest absolute Gasteiger partial charge is 0.396 e. The molecule has 0 aromatic heterocycles. The minimum absolute atomic E-state index is 0.365. The lowest BCUT2D eigenvalue weighted by molar-refractivity contribution is 0.282. The van der Waals surface area contributed by atoms with E-state index in [0.29, 0.717) is 18.8 Å². The summed E-state index contributed by atoms with van der Waals surface area (Å²) in [7, 11) is 0. The van der Waals surface area contributed by atoms with Gasteiger partial charge in [0.2, 0.25) is 0 Å². The van der Waals surface area contributed by atoms with Gasteiger partial charge in [-0.1, -0.05) is 90.4 Å². The average molecular weight is 313 g/mol. The van der Waals surface area contributed by atoms with Crippen LogP contribution in [-0.2, 0) is 4.74 Å². The van der Waals surface area contributed by atoms with E-state index < -0.39 is 0 Å². The fourth-order valence-electron chi connectivity index (χ4n) is 3.33. The van der Waals surface area contributed by atoms with Gasteiger partial charge in [0, 0.05) is 6.61 Å². The maximum atomic E-state index is 8.70. The highest BCUT2D eigenvalue weighted by atomic mass is 16.6. The molecule has 2 nitrogen and oxygen atoms in total. The molecule has 1 aliphatic rings. The van der Waals surface area contributed by atoms with Gasteiger partial charge in [-0.15, -0.1) is 0 Å². The molecule has 0 bridgehead atoms. The molecule has 0 amide bonds. The van der Waals surface area contributed by atoms with Crippen molar-refractivity contribution in [2.24, 2.45) is 0 Å². The molecular weight excluding hydrogens is 272 g/mol. The predicted octanol–water partition coefficient (Wildman–Crippen LogP) is 6.01. The Labute approximate surface area is 139 Å². The zero-order valence-corrected chi connectivity index (χ0v) is 15.0. The van der Waals surface area contributed by atoms with Gasteiger partial charge in [-0.25, -0.2) is 0 Å². The molecule has 2 unspecified atom stereocenters. The number of ether oxygens (including phenoxy) is 1. The summed E-state index contributed by atoms with van der Waals surface area (Å²) in [6, 6.07) is 0. The van der Waals surface area contributed by atoms with Gasteiger partial charge in [-0.2, -0.15) is 0 Å². The first-order valence-electron chi connectivity index (χ1n) is 10.1. The molecule has 1 aliphatic heterocycles. The zero-order valence-electron chi connectivity index (χ0n) is 15.0. The second-order valence-electron chi connectivity index (χ2n) is 7.11. The molecule has 2 atom stereocenters. The molecule has 0 saturated carbocycles. The number of epoxide rings is 1. The summed E-state index contributed by atoms with van der Waals surface area (Å²) in [5.74, 6) is 0. The maximum Gasteiger partial charge on any atom is 0.0841 e. The molecule has 0 aromatic carbocycles. The summed E-state index contributed by atoms with van der Waals surface area (Å²) in [5.41, 5.74) is 0. The maximum absolute atomic E-state index is 8.70. The molecule has 2 heteroatoms. The fraction of sp³-hybridized carbons (Fsp3) is 1.00. The van der Waals surface area contributed by atoms with Crippen LogP contribution >= 0.6 is 0 Å². The summed E-state index contributed by atoms with van der Waals surface area (Å²) >= 11 is 0. The third-order valence-corrected chi connectivity index (χ3v) is 4.93. The van der Waals surface area contributed by atoms with Crippen LogP contribution in [0.5, 0.6) is 0 Å². The van der Waals surface area contributed by atoms with Crippen molar-refractivity contribution in [2.75, 3.05) is 6.61 Å². The molecule has 1 heterocycles. The van der Waals surface area contributed by atoms with Gasteiger partial charge in [0.25, 0.3) is 0 Å². The van der Waals surface area contributed by atoms with E-state index in [9.17, 15) is 0 Å². The number of aliphatic hydroxyl groups excluding tert-OH is 1. The lowest BCUT2D eigenvalue weighted by atomic mass is 10.0. The van der Waals surface area contributed by atoms with Crippen molar-refractivity contribution in [3.63, 3.8) is 0 Å². The monoisotopic (exact) mass is 312 g/mol. The van der Waals surface area contributed by atoms with E-state index in [0.717, 1.165) is 6.42 Å². The van der Waals surface area contributed by atoms with Crippen LogP contribution in [0.25, 0.3) is 0 Å². The SMILES string of the molecule is CCCCCCC1OC1CCCCCCCCCCCCO. The van der Waals surface area contributed by atoms with E-state index in [2.05, 4.69) is 6.92 Å². The van der Waals surface area contributed by atoms with Crippen molar-refractivity contribution in [3.05, 3.63) is 0 Å². The molecule has 132 valence electrons. The molecule has 1 rings (SSSR count). The first kappa shape index (κ1) is 20.0. The average Bonchev–Trinajstić information content (AvgIpc) is 3.27. The molecule has 0 aromatic rings. The second kappa shape index (κ2) is 14.5. The smallest absolute Gasteiger partial charge is 0.0841 e. The van der Waals surface area contributed by atoms with Crippen molar-refractivity contribution in [2.45, 2.75) is 122 Å². The Bertz CT molecular complexity index is 230. The Morgan fingerprint density at radius 1 is 0.591 bits per heavy atom. The molecule has 1 N–H and O–H groups in total. The minimum Gasteiger partial charge on any atom is -0.396 e. The third-order valence-electron chi connectivity index (χ3n) is 4.93. The summed E-state index contributed by atoms with van der Waals surface area (Å²) in [6.07, 6.45) is 22.6. The van der Waals surface area contributed by atoms with Crippen LogP contribution in [0.4, 0.5) is 0 Å². The van der Waals surface area contributed by atoms with Gasteiger partial charge in [-0.3, -0.25) is 0 Å². The summed E-state index contributed by atoms with van der Waals surface area (Å²) in [6.45, 7) is 2.64. The number of hydrogen-bond acceptors (Lipinski definition) is 2.